The van der Waals surface area contributed by atoms with Gasteiger partial charge in [0.25, 0.3) is 11.8 Å². The molecular weight excluding hydrogens is 510 g/mol. The molecule has 0 fully saturated rings. The molecule has 0 atom stereocenters. The molecule has 0 saturated heterocycles. The van der Waals surface area contributed by atoms with E-state index < -0.39 is 11.8 Å². The van der Waals surface area contributed by atoms with E-state index in [4.69, 9.17) is 26.4 Å². The number of carbonyl (C=O) groups is 2. The van der Waals surface area contributed by atoms with Crippen LogP contribution in [0.25, 0.3) is 0 Å². The maximum atomic E-state index is 12.4. The summed E-state index contributed by atoms with van der Waals surface area (Å²) in [6.07, 6.45) is 0. The number of carbonyl (C=O) groups excluding carboxylic acids is 2. The fraction of sp³-hybridized carbons (Fsp3) is 0.348. The quantitative estimate of drug-likeness (QED) is 0.255. The maximum absolute atomic E-state index is 12.4. The number of aryl methyl sites for hydroxylation is 1. The van der Waals surface area contributed by atoms with Crippen molar-refractivity contribution >= 4 is 45.1 Å². The van der Waals surface area contributed by atoms with Crippen molar-refractivity contribution in [1.29, 1.82) is 0 Å². The van der Waals surface area contributed by atoms with Gasteiger partial charge in [0.15, 0.2) is 11.7 Å². The van der Waals surface area contributed by atoms with Crippen molar-refractivity contribution in [2.45, 2.75) is 26.7 Å². The van der Waals surface area contributed by atoms with Crippen LogP contribution in [0.5, 0.6) is 11.5 Å². The zero-order valence-corrected chi connectivity index (χ0v) is 21.4. The van der Waals surface area contributed by atoms with Gasteiger partial charge in [0, 0.05) is 12.7 Å². The van der Waals surface area contributed by atoms with Crippen LogP contribution >= 0.6 is 28.1 Å². The lowest BCUT2D eigenvalue weighted by atomic mass is 10.0. The third-order valence-corrected chi connectivity index (χ3v) is 5.26. The van der Waals surface area contributed by atoms with Gasteiger partial charge in [0.2, 0.25) is 0 Å². The van der Waals surface area contributed by atoms with Gasteiger partial charge in [-0.2, -0.15) is 0 Å². The number of benzene rings is 2. The number of hydrogen-bond donors (Lipinski definition) is 3. The summed E-state index contributed by atoms with van der Waals surface area (Å²) in [6.45, 7) is 6.71. The minimum Gasteiger partial charge on any atom is -0.490 e. The predicted octanol–water partition coefficient (Wildman–Crippen LogP) is 3.62. The number of rotatable bonds is 9. The van der Waals surface area contributed by atoms with Crippen molar-refractivity contribution in [2.24, 2.45) is 0 Å². The summed E-state index contributed by atoms with van der Waals surface area (Å²) in [5.74, 6) is 0.629. The van der Waals surface area contributed by atoms with Crippen LogP contribution in [0.1, 0.15) is 41.3 Å². The van der Waals surface area contributed by atoms with Gasteiger partial charge in [0.05, 0.1) is 11.1 Å². The molecule has 178 valence electrons. The SMILES string of the molecule is COCCOc1ccc(C(=O)NC(=S)NNC(=O)COc2cc(C)ccc2C(C)C)cc1Br. The molecule has 3 N–H and O–H groups in total. The summed E-state index contributed by atoms with van der Waals surface area (Å²) in [6, 6.07) is 10.8. The first-order chi connectivity index (χ1) is 15.7. The van der Waals surface area contributed by atoms with E-state index in [1.54, 1.807) is 25.3 Å². The van der Waals surface area contributed by atoms with E-state index >= 15 is 0 Å². The Bertz CT molecular complexity index is 1000. The van der Waals surface area contributed by atoms with Crippen LogP contribution in [0, 0.1) is 6.92 Å². The van der Waals surface area contributed by atoms with E-state index in [1.807, 2.05) is 25.1 Å². The molecule has 0 aliphatic carbocycles. The molecule has 2 rings (SSSR count). The van der Waals surface area contributed by atoms with Crippen molar-refractivity contribution in [3.63, 3.8) is 0 Å². The molecule has 0 heterocycles. The number of nitrogens with one attached hydrogen (secondary N) is 3. The zero-order chi connectivity index (χ0) is 24.4. The number of amides is 2. The molecule has 0 aliphatic rings. The highest BCUT2D eigenvalue weighted by molar-refractivity contribution is 9.10. The van der Waals surface area contributed by atoms with Crippen LogP contribution in [-0.2, 0) is 9.53 Å². The minimum absolute atomic E-state index is 0.0525. The average molecular weight is 538 g/mol. The molecular formula is C23H28BrN3O5S. The number of thiocarbonyl (C=S) groups is 1. The number of methoxy groups -OCH3 is 1. The Morgan fingerprint density at radius 2 is 1.79 bits per heavy atom. The van der Waals surface area contributed by atoms with Crippen molar-refractivity contribution < 1.29 is 23.8 Å². The lowest BCUT2D eigenvalue weighted by molar-refractivity contribution is -0.123. The molecule has 2 amide bonds. The number of halogens is 1. The van der Waals surface area contributed by atoms with E-state index in [0.717, 1.165) is 11.1 Å². The highest BCUT2D eigenvalue weighted by Gasteiger charge is 2.13. The molecule has 0 radical (unpaired) electrons. The Kier molecular flexibility index (Phi) is 10.6. The number of ether oxygens (including phenoxy) is 3. The Morgan fingerprint density at radius 1 is 1.03 bits per heavy atom. The van der Waals surface area contributed by atoms with Crippen LogP contribution in [0.4, 0.5) is 0 Å². The van der Waals surface area contributed by atoms with Gasteiger partial charge in [-0.25, -0.2) is 0 Å². The van der Waals surface area contributed by atoms with Gasteiger partial charge in [-0.1, -0.05) is 26.0 Å². The molecule has 8 nitrogen and oxygen atoms in total. The molecule has 0 aromatic heterocycles. The second-order valence-corrected chi connectivity index (χ2v) is 8.69. The topological polar surface area (TPSA) is 97.9 Å². The number of hydrazine groups is 1. The first kappa shape index (κ1) is 26.6. The van der Waals surface area contributed by atoms with Crippen LogP contribution in [0.15, 0.2) is 40.9 Å². The Morgan fingerprint density at radius 3 is 2.45 bits per heavy atom. The molecule has 0 aliphatic heterocycles. The fourth-order valence-corrected chi connectivity index (χ4v) is 3.39. The second-order valence-electron chi connectivity index (χ2n) is 7.43. The average Bonchev–Trinajstić information content (AvgIpc) is 2.77. The van der Waals surface area contributed by atoms with Crippen LogP contribution < -0.4 is 25.6 Å². The van der Waals surface area contributed by atoms with Gasteiger partial charge in [0.1, 0.15) is 18.1 Å². The summed E-state index contributed by atoms with van der Waals surface area (Å²) >= 11 is 8.45. The first-order valence-corrected chi connectivity index (χ1v) is 11.5. The third-order valence-electron chi connectivity index (χ3n) is 4.43. The normalized spacial score (nSPS) is 10.5. The summed E-state index contributed by atoms with van der Waals surface area (Å²) in [5, 5.41) is 2.45. The number of hydrogen-bond acceptors (Lipinski definition) is 6. The van der Waals surface area contributed by atoms with Gasteiger partial charge < -0.3 is 14.2 Å². The van der Waals surface area contributed by atoms with Gasteiger partial charge in [-0.15, -0.1) is 0 Å². The minimum atomic E-state index is -0.442. The molecule has 10 heteroatoms. The molecule has 0 saturated carbocycles. The fourth-order valence-electron chi connectivity index (χ4n) is 2.75. The van der Waals surface area contributed by atoms with E-state index in [-0.39, 0.29) is 17.6 Å². The Labute approximate surface area is 207 Å². The first-order valence-electron chi connectivity index (χ1n) is 10.3. The predicted molar refractivity (Wildman–Crippen MR) is 134 cm³/mol. The second kappa shape index (κ2) is 13.1. The van der Waals surface area contributed by atoms with Gasteiger partial charge >= 0.3 is 0 Å². The zero-order valence-electron chi connectivity index (χ0n) is 19.0. The lowest BCUT2D eigenvalue weighted by Crippen LogP contribution is -2.49. The highest BCUT2D eigenvalue weighted by Crippen LogP contribution is 2.27. The van der Waals surface area contributed by atoms with Crippen LogP contribution in [0.2, 0.25) is 0 Å². The van der Waals surface area contributed by atoms with E-state index in [0.29, 0.717) is 34.7 Å². The van der Waals surface area contributed by atoms with Gasteiger partial charge in [-0.05, 0) is 76.4 Å². The van der Waals surface area contributed by atoms with Crippen LogP contribution in [0.3, 0.4) is 0 Å². The third kappa shape index (κ3) is 8.64. The van der Waals surface area contributed by atoms with E-state index in [1.165, 1.54) is 0 Å². The molecule has 33 heavy (non-hydrogen) atoms. The molecule has 2 aromatic carbocycles. The standard InChI is InChI=1S/C23H28BrN3O5S/c1-14(2)17-7-5-15(3)11-20(17)32-13-21(28)26-27-23(33)25-22(29)16-6-8-19(18(24)12-16)31-10-9-30-4/h5-8,11-12,14H,9-10,13H2,1-4H3,(H,26,28)(H2,25,27,29,33). The van der Waals surface area contributed by atoms with Crippen molar-refractivity contribution in [2.75, 3.05) is 26.9 Å². The smallest absolute Gasteiger partial charge is 0.276 e. The summed E-state index contributed by atoms with van der Waals surface area (Å²) in [5.41, 5.74) is 7.33. The van der Waals surface area contributed by atoms with Crippen molar-refractivity contribution in [3.8, 4) is 11.5 Å². The van der Waals surface area contributed by atoms with Crippen LogP contribution in [-0.4, -0.2) is 43.9 Å². The van der Waals surface area contributed by atoms with E-state index in [2.05, 4.69) is 45.9 Å². The molecule has 0 spiro atoms. The largest absolute Gasteiger partial charge is 0.490 e. The highest BCUT2D eigenvalue weighted by atomic mass is 79.9. The summed E-state index contributed by atoms with van der Waals surface area (Å²) in [7, 11) is 1.59. The summed E-state index contributed by atoms with van der Waals surface area (Å²) in [4.78, 5) is 24.5. The summed E-state index contributed by atoms with van der Waals surface area (Å²) < 4.78 is 16.8. The molecule has 2 aromatic rings. The van der Waals surface area contributed by atoms with Crippen molar-refractivity contribution in [1.82, 2.24) is 16.2 Å². The maximum Gasteiger partial charge on any atom is 0.276 e. The monoisotopic (exact) mass is 537 g/mol. The lowest BCUT2D eigenvalue weighted by Gasteiger charge is -2.15. The Balaban J connectivity index is 1.82. The van der Waals surface area contributed by atoms with E-state index in [9.17, 15) is 9.59 Å². The molecule has 0 bridgehead atoms. The van der Waals surface area contributed by atoms with Crippen molar-refractivity contribution in [3.05, 3.63) is 57.6 Å². The Hall–Kier alpha value is -2.69. The van der Waals surface area contributed by atoms with Gasteiger partial charge in [-0.3, -0.25) is 25.8 Å². The molecule has 0 unspecified atom stereocenters.